The number of ether oxygens (including phenoxy) is 2. The number of hydrogen-bond acceptors (Lipinski definition) is 5. The van der Waals surface area contributed by atoms with Gasteiger partial charge in [0, 0.05) is 5.56 Å². The minimum atomic E-state index is -0.937. The number of hydrogen-bond donors (Lipinski definition) is 1. The lowest BCUT2D eigenvalue weighted by Gasteiger charge is -2.36. The first kappa shape index (κ1) is 26.5. The van der Waals surface area contributed by atoms with Crippen LogP contribution >= 0.6 is 0 Å². The summed E-state index contributed by atoms with van der Waals surface area (Å²) in [6.45, 7) is 13.5. The molecule has 1 aliphatic heterocycles. The Labute approximate surface area is 219 Å². The summed E-state index contributed by atoms with van der Waals surface area (Å²) >= 11 is 0. The molecule has 0 aliphatic carbocycles. The SMILES string of the molecule is CCc1cccc(CC)c1-c1nc(C)c(COc2cc(C(C)C)ccc2C)c(OC2CN(C(=O)O)C2)n1. The molecule has 0 atom stereocenters. The quantitative estimate of drug-likeness (QED) is 0.367. The largest absolute Gasteiger partial charge is 0.488 e. The van der Waals surface area contributed by atoms with E-state index < -0.39 is 6.09 Å². The van der Waals surface area contributed by atoms with Crippen molar-refractivity contribution < 1.29 is 19.4 Å². The zero-order valence-corrected chi connectivity index (χ0v) is 22.7. The van der Waals surface area contributed by atoms with Gasteiger partial charge in [-0.05, 0) is 60.9 Å². The van der Waals surface area contributed by atoms with Crippen LogP contribution in [0.4, 0.5) is 4.79 Å². The third kappa shape index (κ3) is 5.71. The second-order valence-corrected chi connectivity index (χ2v) is 9.97. The van der Waals surface area contributed by atoms with E-state index in [2.05, 4.69) is 64.1 Å². The maximum absolute atomic E-state index is 11.3. The lowest BCUT2D eigenvalue weighted by molar-refractivity contribution is 0.0216. The number of carboxylic acid groups (broad SMARTS) is 1. The summed E-state index contributed by atoms with van der Waals surface area (Å²) in [5, 5.41) is 9.25. The topological polar surface area (TPSA) is 84.8 Å². The molecule has 1 amide bonds. The van der Waals surface area contributed by atoms with Crippen LogP contribution in [0.3, 0.4) is 0 Å². The fourth-order valence-electron chi connectivity index (χ4n) is 4.58. The minimum absolute atomic E-state index is 0.255. The van der Waals surface area contributed by atoms with E-state index in [-0.39, 0.29) is 12.7 Å². The number of likely N-dealkylation sites (tertiary alicyclic amines) is 1. The number of rotatable bonds is 9. The molecule has 37 heavy (non-hydrogen) atoms. The van der Waals surface area contributed by atoms with Gasteiger partial charge in [0.15, 0.2) is 5.82 Å². The molecule has 7 nitrogen and oxygen atoms in total. The van der Waals surface area contributed by atoms with Crippen molar-refractivity contribution in [3.05, 3.63) is 69.9 Å². The van der Waals surface area contributed by atoms with Gasteiger partial charge in [-0.3, -0.25) is 0 Å². The van der Waals surface area contributed by atoms with Crippen molar-refractivity contribution in [2.45, 2.75) is 73.0 Å². The van der Waals surface area contributed by atoms with Crippen molar-refractivity contribution in [1.82, 2.24) is 14.9 Å². The Morgan fingerprint density at radius 2 is 1.76 bits per heavy atom. The molecule has 1 saturated heterocycles. The number of aromatic nitrogens is 2. The first-order chi connectivity index (χ1) is 17.7. The Balaban J connectivity index is 1.71. The number of amides is 1. The molecule has 2 aromatic carbocycles. The van der Waals surface area contributed by atoms with E-state index in [9.17, 15) is 9.90 Å². The molecular weight excluding hydrogens is 466 g/mol. The average molecular weight is 504 g/mol. The Morgan fingerprint density at radius 1 is 1.08 bits per heavy atom. The lowest BCUT2D eigenvalue weighted by atomic mass is 9.96. The van der Waals surface area contributed by atoms with Crippen LogP contribution in [0.1, 0.15) is 67.1 Å². The van der Waals surface area contributed by atoms with Crippen LogP contribution in [0.25, 0.3) is 11.4 Å². The van der Waals surface area contributed by atoms with Crippen molar-refractivity contribution in [3.63, 3.8) is 0 Å². The highest BCUT2D eigenvalue weighted by Crippen LogP contribution is 2.32. The molecule has 2 heterocycles. The van der Waals surface area contributed by atoms with Crippen LogP contribution in [0.15, 0.2) is 36.4 Å². The summed E-state index contributed by atoms with van der Waals surface area (Å²) in [5.74, 6) is 2.32. The molecule has 0 unspecified atom stereocenters. The highest BCUT2D eigenvalue weighted by Gasteiger charge is 2.33. The van der Waals surface area contributed by atoms with Gasteiger partial charge in [0.05, 0.1) is 24.3 Å². The van der Waals surface area contributed by atoms with Crippen LogP contribution in [-0.4, -0.2) is 45.3 Å². The second kappa shape index (κ2) is 11.2. The van der Waals surface area contributed by atoms with Crippen LogP contribution in [0.2, 0.25) is 0 Å². The molecule has 0 bridgehead atoms. The van der Waals surface area contributed by atoms with Gasteiger partial charge < -0.3 is 19.5 Å². The van der Waals surface area contributed by atoms with Crippen LogP contribution in [0, 0.1) is 13.8 Å². The average Bonchev–Trinajstić information content (AvgIpc) is 2.84. The molecule has 196 valence electrons. The predicted molar refractivity (Wildman–Crippen MR) is 145 cm³/mol. The van der Waals surface area contributed by atoms with E-state index in [1.54, 1.807) is 0 Å². The molecule has 3 aromatic rings. The molecule has 1 aliphatic rings. The molecule has 0 radical (unpaired) electrons. The molecule has 1 N–H and O–H groups in total. The molecule has 7 heteroatoms. The first-order valence-electron chi connectivity index (χ1n) is 13.1. The normalized spacial score (nSPS) is 13.5. The van der Waals surface area contributed by atoms with Crippen LogP contribution in [0.5, 0.6) is 11.6 Å². The Morgan fingerprint density at radius 3 is 2.35 bits per heavy atom. The zero-order valence-electron chi connectivity index (χ0n) is 22.7. The van der Waals surface area contributed by atoms with E-state index >= 15 is 0 Å². The maximum atomic E-state index is 11.3. The lowest BCUT2D eigenvalue weighted by Crippen LogP contribution is -2.55. The second-order valence-electron chi connectivity index (χ2n) is 9.97. The molecule has 1 fully saturated rings. The summed E-state index contributed by atoms with van der Waals surface area (Å²) in [7, 11) is 0. The number of carbonyl (C=O) groups is 1. The molecule has 1 aromatic heterocycles. The monoisotopic (exact) mass is 503 g/mol. The van der Waals surface area contributed by atoms with Crippen molar-refractivity contribution in [2.75, 3.05) is 13.1 Å². The molecule has 0 spiro atoms. The summed E-state index contributed by atoms with van der Waals surface area (Å²) in [6, 6.07) is 12.6. The van der Waals surface area contributed by atoms with Crippen LogP contribution < -0.4 is 9.47 Å². The van der Waals surface area contributed by atoms with Gasteiger partial charge in [-0.2, -0.15) is 4.98 Å². The summed E-state index contributed by atoms with van der Waals surface area (Å²) in [5.41, 5.74) is 7.27. The molecular formula is C30H37N3O4. The van der Waals surface area contributed by atoms with E-state index in [0.717, 1.165) is 41.0 Å². The van der Waals surface area contributed by atoms with Crippen molar-refractivity contribution in [3.8, 4) is 23.0 Å². The van der Waals surface area contributed by atoms with E-state index in [4.69, 9.17) is 19.4 Å². The highest BCUT2D eigenvalue weighted by molar-refractivity contribution is 5.67. The smallest absolute Gasteiger partial charge is 0.407 e. The van der Waals surface area contributed by atoms with Gasteiger partial charge >= 0.3 is 6.09 Å². The molecule has 0 saturated carbocycles. The Bertz CT molecular complexity index is 1260. The Kier molecular flexibility index (Phi) is 8.00. The third-order valence-electron chi connectivity index (χ3n) is 7.05. The number of benzene rings is 2. The minimum Gasteiger partial charge on any atom is -0.488 e. The Hall–Kier alpha value is -3.61. The first-order valence-corrected chi connectivity index (χ1v) is 13.1. The van der Waals surface area contributed by atoms with Gasteiger partial charge in [0.2, 0.25) is 5.88 Å². The maximum Gasteiger partial charge on any atom is 0.407 e. The van der Waals surface area contributed by atoms with E-state index in [1.807, 2.05) is 13.8 Å². The van der Waals surface area contributed by atoms with Gasteiger partial charge in [0.25, 0.3) is 0 Å². The van der Waals surface area contributed by atoms with Gasteiger partial charge in [-0.25, -0.2) is 9.78 Å². The van der Waals surface area contributed by atoms with Crippen molar-refractivity contribution >= 4 is 6.09 Å². The van der Waals surface area contributed by atoms with E-state index in [1.165, 1.54) is 21.6 Å². The number of nitrogens with zero attached hydrogens (tertiary/aromatic N) is 3. The van der Waals surface area contributed by atoms with E-state index in [0.29, 0.717) is 30.7 Å². The number of aryl methyl sites for hydroxylation is 4. The fraction of sp³-hybridized carbons (Fsp3) is 0.433. The third-order valence-corrected chi connectivity index (χ3v) is 7.05. The fourth-order valence-corrected chi connectivity index (χ4v) is 4.58. The summed E-state index contributed by atoms with van der Waals surface area (Å²) < 4.78 is 12.6. The van der Waals surface area contributed by atoms with Crippen LogP contribution in [-0.2, 0) is 19.4 Å². The zero-order chi connectivity index (χ0) is 26.7. The predicted octanol–water partition coefficient (Wildman–Crippen LogP) is 6.33. The van der Waals surface area contributed by atoms with Crippen molar-refractivity contribution in [2.24, 2.45) is 0 Å². The summed E-state index contributed by atoms with van der Waals surface area (Å²) in [6.07, 6.45) is 0.547. The van der Waals surface area contributed by atoms with Gasteiger partial charge in [0.1, 0.15) is 18.5 Å². The van der Waals surface area contributed by atoms with Gasteiger partial charge in [-0.1, -0.05) is 58.0 Å². The standard InChI is InChI=1S/C30H37N3O4/c1-7-21-10-9-11-22(8-2)27(21)28-31-20(6)25(29(32-28)37-24-15-33(16-24)30(34)35)17-36-26-14-23(18(3)4)13-12-19(26)5/h9-14,18,24H,7-8,15-17H2,1-6H3,(H,34,35). The highest BCUT2D eigenvalue weighted by atomic mass is 16.5. The molecule has 4 rings (SSSR count). The van der Waals surface area contributed by atoms with Gasteiger partial charge in [-0.15, -0.1) is 0 Å². The summed E-state index contributed by atoms with van der Waals surface area (Å²) in [4.78, 5) is 22.4. The van der Waals surface area contributed by atoms with Crippen molar-refractivity contribution in [1.29, 1.82) is 0 Å².